The number of hydrogen-bond donors (Lipinski definition) is 0. The van der Waals surface area contributed by atoms with E-state index in [-0.39, 0.29) is 6.61 Å². The number of hydrogen-bond acceptors (Lipinski definition) is 8. The highest BCUT2D eigenvalue weighted by Crippen LogP contribution is 2.33. The van der Waals surface area contributed by atoms with Crippen LogP contribution in [0.1, 0.15) is 21.0 Å². The van der Waals surface area contributed by atoms with Crippen LogP contribution in [0.4, 0.5) is 0 Å². The fourth-order valence-electron chi connectivity index (χ4n) is 3.21. The fraction of sp³-hybridized carbons (Fsp3) is 0.143. The molecule has 4 aromatic heterocycles. The highest BCUT2D eigenvalue weighted by atomic mass is 35.5. The molecule has 1 aromatic carbocycles. The van der Waals surface area contributed by atoms with Gasteiger partial charge in [0.15, 0.2) is 11.4 Å². The van der Waals surface area contributed by atoms with Gasteiger partial charge in [0.25, 0.3) is 0 Å². The molecule has 0 saturated carbocycles. The molecular weight excluding hydrogens is 440 g/mol. The number of halogens is 1. The number of ether oxygens (including phenoxy) is 2. The van der Waals surface area contributed by atoms with Crippen LogP contribution in [0.25, 0.3) is 27.4 Å². The zero-order chi connectivity index (χ0) is 21.5. The number of furan rings is 1. The van der Waals surface area contributed by atoms with Gasteiger partial charge in [0.1, 0.15) is 34.2 Å². The lowest BCUT2D eigenvalue weighted by molar-refractivity contribution is 0.0605. The quantitative estimate of drug-likeness (QED) is 0.348. The van der Waals surface area contributed by atoms with E-state index in [1.165, 1.54) is 18.4 Å². The van der Waals surface area contributed by atoms with E-state index in [0.717, 1.165) is 10.9 Å². The smallest absolute Gasteiger partial charge is 0.348 e. The van der Waals surface area contributed by atoms with E-state index in [1.54, 1.807) is 35.1 Å². The Morgan fingerprint density at radius 1 is 1.26 bits per heavy atom. The van der Waals surface area contributed by atoms with Gasteiger partial charge in [-0.2, -0.15) is 0 Å². The predicted molar refractivity (Wildman–Crippen MR) is 116 cm³/mol. The molecule has 0 spiro atoms. The highest BCUT2D eigenvalue weighted by Gasteiger charge is 2.21. The first-order valence-corrected chi connectivity index (χ1v) is 10.4. The standard InChI is InChI=1S/C21H15ClN4O4S/c1-11-16-19-24-18(25-26(19)10-23-20(16)31-17(11)21(27)28-2)15-8-7-12(30-15)9-29-14-6-4-3-5-13(14)22/h3-8,10H,9H2,1-2H3. The fourth-order valence-corrected chi connectivity index (χ4v) is 4.46. The number of aromatic nitrogens is 4. The Balaban J connectivity index is 1.47. The van der Waals surface area contributed by atoms with Crippen LogP contribution in [-0.4, -0.2) is 32.7 Å². The third-order valence-electron chi connectivity index (χ3n) is 4.73. The minimum absolute atomic E-state index is 0.217. The van der Waals surface area contributed by atoms with Gasteiger partial charge in [0.2, 0.25) is 5.82 Å². The molecule has 0 fully saturated rings. The number of para-hydroxylation sites is 1. The van der Waals surface area contributed by atoms with Crippen LogP contribution >= 0.6 is 22.9 Å². The molecule has 0 aliphatic rings. The first kappa shape index (κ1) is 19.5. The number of benzene rings is 1. The van der Waals surface area contributed by atoms with Gasteiger partial charge >= 0.3 is 5.97 Å². The molecule has 0 saturated heterocycles. The molecule has 5 rings (SSSR count). The Morgan fingerprint density at radius 3 is 2.90 bits per heavy atom. The molecule has 0 aliphatic heterocycles. The average molecular weight is 455 g/mol. The molecule has 5 aromatic rings. The molecule has 0 atom stereocenters. The second-order valence-electron chi connectivity index (χ2n) is 6.66. The third kappa shape index (κ3) is 3.41. The van der Waals surface area contributed by atoms with Gasteiger partial charge in [-0.1, -0.05) is 23.7 Å². The van der Waals surface area contributed by atoms with Crippen LogP contribution in [-0.2, 0) is 11.3 Å². The van der Waals surface area contributed by atoms with Crippen molar-refractivity contribution in [1.29, 1.82) is 0 Å². The molecule has 31 heavy (non-hydrogen) atoms. The number of esters is 1. The second-order valence-corrected chi connectivity index (χ2v) is 8.07. The van der Waals surface area contributed by atoms with E-state index in [1.807, 2.05) is 19.1 Å². The maximum atomic E-state index is 12.0. The molecule has 0 unspecified atom stereocenters. The van der Waals surface area contributed by atoms with Gasteiger partial charge in [0, 0.05) is 0 Å². The van der Waals surface area contributed by atoms with E-state index in [0.29, 0.717) is 43.5 Å². The van der Waals surface area contributed by atoms with Crippen molar-refractivity contribution in [1.82, 2.24) is 19.6 Å². The third-order valence-corrected chi connectivity index (χ3v) is 6.22. The van der Waals surface area contributed by atoms with Gasteiger partial charge in [-0.25, -0.2) is 19.3 Å². The SMILES string of the molecule is COC(=O)c1sc2ncn3nc(-c4ccc(COc5ccccc5Cl)o4)nc3c2c1C. The summed E-state index contributed by atoms with van der Waals surface area (Å²) in [6, 6.07) is 10.8. The van der Waals surface area contributed by atoms with Crippen LogP contribution in [0.3, 0.4) is 0 Å². The Bertz CT molecular complexity index is 1440. The number of fused-ring (bicyclic) bond motifs is 3. The Morgan fingerprint density at radius 2 is 2.10 bits per heavy atom. The number of nitrogens with zero attached hydrogens (tertiary/aromatic N) is 4. The molecule has 8 nitrogen and oxygen atoms in total. The summed E-state index contributed by atoms with van der Waals surface area (Å²) in [5.41, 5.74) is 1.35. The van der Waals surface area contributed by atoms with E-state index in [4.69, 9.17) is 25.5 Å². The van der Waals surface area contributed by atoms with Crippen LogP contribution in [0, 0.1) is 6.92 Å². The maximum absolute atomic E-state index is 12.0. The molecular formula is C21H15ClN4O4S. The van der Waals surface area contributed by atoms with Crippen LogP contribution in [0.15, 0.2) is 47.1 Å². The van der Waals surface area contributed by atoms with Crippen molar-refractivity contribution in [3.8, 4) is 17.3 Å². The number of carbonyl (C=O) groups is 1. The Kier molecular flexibility index (Phi) is 4.84. The summed E-state index contributed by atoms with van der Waals surface area (Å²) in [7, 11) is 1.36. The molecule has 10 heteroatoms. The summed E-state index contributed by atoms with van der Waals surface area (Å²) < 4.78 is 18.0. The normalized spacial score (nSPS) is 11.3. The molecule has 0 radical (unpaired) electrons. The van der Waals surface area contributed by atoms with Crippen LogP contribution in [0.2, 0.25) is 5.02 Å². The Labute approximate surface area is 185 Å². The number of rotatable bonds is 5. The number of thiophene rings is 1. The summed E-state index contributed by atoms with van der Waals surface area (Å²) >= 11 is 7.38. The molecule has 156 valence electrons. The van der Waals surface area contributed by atoms with Crippen LogP contribution < -0.4 is 4.74 Å². The largest absolute Gasteiger partial charge is 0.484 e. The first-order chi connectivity index (χ1) is 15.0. The second kappa shape index (κ2) is 7.68. The average Bonchev–Trinajstić information content (AvgIpc) is 3.49. The number of methoxy groups -OCH3 is 1. The van der Waals surface area contributed by atoms with Gasteiger partial charge in [0.05, 0.1) is 17.5 Å². The van der Waals surface area contributed by atoms with E-state index < -0.39 is 5.97 Å². The van der Waals surface area contributed by atoms with Gasteiger partial charge in [-0.3, -0.25) is 0 Å². The Hall–Kier alpha value is -3.43. The number of aryl methyl sites for hydroxylation is 1. The van der Waals surface area contributed by atoms with Crippen molar-refractivity contribution in [2.45, 2.75) is 13.5 Å². The van der Waals surface area contributed by atoms with Crippen molar-refractivity contribution in [3.05, 3.63) is 63.9 Å². The topological polar surface area (TPSA) is 91.8 Å². The lowest BCUT2D eigenvalue weighted by Gasteiger charge is -2.05. The van der Waals surface area contributed by atoms with Crippen molar-refractivity contribution in [3.63, 3.8) is 0 Å². The van der Waals surface area contributed by atoms with E-state index >= 15 is 0 Å². The molecule has 0 N–H and O–H groups in total. The highest BCUT2D eigenvalue weighted by molar-refractivity contribution is 7.20. The van der Waals surface area contributed by atoms with Crippen molar-refractivity contribution < 1.29 is 18.7 Å². The van der Waals surface area contributed by atoms with Crippen molar-refractivity contribution in [2.75, 3.05) is 7.11 Å². The predicted octanol–water partition coefficient (Wildman–Crippen LogP) is 4.93. The summed E-state index contributed by atoms with van der Waals surface area (Å²) in [4.78, 5) is 22.3. The van der Waals surface area contributed by atoms with Gasteiger partial charge in [-0.15, -0.1) is 16.4 Å². The summed E-state index contributed by atoms with van der Waals surface area (Å²) in [6.07, 6.45) is 1.57. The van der Waals surface area contributed by atoms with Gasteiger partial charge < -0.3 is 13.9 Å². The van der Waals surface area contributed by atoms with Crippen molar-refractivity contribution >= 4 is 44.8 Å². The lowest BCUT2D eigenvalue weighted by Crippen LogP contribution is -1.99. The zero-order valence-electron chi connectivity index (χ0n) is 16.5. The summed E-state index contributed by atoms with van der Waals surface area (Å²) in [6.45, 7) is 2.06. The minimum Gasteiger partial charge on any atom is -0.484 e. The maximum Gasteiger partial charge on any atom is 0.348 e. The number of carbonyl (C=O) groups excluding carboxylic acids is 1. The van der Waals surface area contributed by atoms with E-state index in [2.05, 4.69) is 15.1 Å². The summed E-state index contributed by atoms with van der Waals surface area (Å²) in [5.74, 6) is 1.69. The zero-order valence-corrected chi connectivity index (χ0v) is 18.0. The molecule has 0 aliphatic carbocycles. The first-order valence-electron chi connectivity index (χ1n) is 9.24. The monoisotopic (exact) mass is 454 g/mol. The van der Waals surface area contributed by atoms with Crippen LogP contribution in [0.5, 0.6) is 5.75 Å². The molecule has 4 heterocycles. The summed E-state index contributed by atoms with van der Waals surface area (Å²) in [5, 5.41) is 5.77. The molecule has 0 bridgehead atoms. The van der Waals surface area contributed by atoms with E-state index in [9.17, 15) is 4.79 Å². The minimum atomic E-state index is -0.396. The lowest BCUT2D eigenvalue weighted by atomic mass is 10.2. The van der Waals surface area contributed by atoms with Crippen molar-refractivity contribution in [2.24, 2.45) is 0 Å². The van der Waals surface area contributed by atoms with Gasteiger partial charge in [-0.05, 0) is 36.8 Å². The molecule has 0 amide bonds.